The van der Waals surface area contributed by atoms with Crippen LogP contribution in [0.15, 0.2) is 22.8 Å². The van der Waals surface area contributed by atoms with Crippen molar-refractivity contribution in [3.8, 4) is 0 Å². The molecule has 0 bridgehead atoms. The lowest BCUT2D eigenvalue weighted by Crippen LogP contribution is -2.35. The van der Waals surface area contributed by atoms with Gasteiger partial charge in [-0.15, -0.1) is 0 Å². The fraction of sp³-hybridized carbons (Fsp3) is 0.500. The highest BCUT2D eigenvalue weighted by atomic mass is 16.6. The van der Waals surface area contributed by atoms with Gasteiger partial charge < -0.3 is 14.9 Å². The van der Waals surface area contributed by atoms with Crippen molar-refractivity contribution in [3.05, 3.63) is 24.2 Å². The van der Waals surface area contributed by atoms with Gasteiger partial charge in [-0.2, -0.15) is 0 Å². The summed E-state index contributed by atoms with van der Waals surface area (Å²) in [5.41, 5.74) is 5.41. The second-order valence-corrected chi connectivity index (χ2v) is 2.99. The van der Waals surface area contributed by atoms with Gasteiger partial charge in [0.05, 0.1) is 19.4 Å². The first-order valence-electron chi connectivity index (χ1n) is 4.92. The molecule has 84 valence electrons. The van der Waals surface area contributed by atoms with Crippen LogP contribution < -0.4 is 5.73 Å². The van der Waals surface area contributed by atoms with Crippen molar-refractivity contribution in [2.24, 2.45) is 5.73 Å². The Labute approximate surface area is 88.8 Å². The Hall–Kier alpha value is -1.49. The minimum absolute atomic E-state index is 0.359. The Morgan fingerprint density at radius 3 is 3.00 bits per heavy atom. The van der Waals surface area contributed by atoms with Crippen molar-refractivity contribution in [1.82, 2.24) is 4.90 Å². The van der Waals surface area contributed by atoms with Crippen LogP contribution in [0.4, 0.5) is 4.79 Å². The molecular formula is C10H16N2O3. The fourth-order valence-electron chi connectivity index (χ4n) is 1.20. The van der Waals surface area contributed by atoms with Crippen LogP contribution in [0.2, 0.25) is 0 Å². The molecule has 2 N–H and O–H groups in total. The van der Waals surface area contributed by atoms with E-state index in [4.69, 9.17) is 14.9 Å². The first-order valence-corrected chi connectivity index (χ1v) is 4.92. The van der Waals surface area contributed by atoms with Crippen LogP contribution in [0.5, 0.6) is 0 Å². The zero-order valence-corrected chi connectivity index (χ0v) is 8.81. The maximum absolute atomic E-state index is 11.5. The first kappa shape index (κ1) is 11.6. The third-order valence-corrected chi connectivity index (χ3v) is 1.85. The maximum atomic E-state index is 11.5. The quantitative estimate of drug-likeness (QED) is 0.796. The predicted molar refractivity (Wildman–Crippen MR) is 55.2 cm³/mol. The standard InChI is InChI=1S/C10H16N2O3/c1-2-14-10(13)12(6-5-11)8-9-4-3-7-15-9/h3-4,7H,2,5-6,8,11H2,1H3. The molecule has 5 heteroatoms. The van der Waals surface area contributed by atoms with E-state index in [-0.39, 0.29) is 6.09 Å². The summed E-state index contributed by atoms with van der Waals surface area (Å²) in [6.45, 7) is 3.38. The summed E-state index contributed by atoms with van der Waals surface area (Å²) in [5.74, 6) is 0.719. The molecule has 0 spiro atoms. The Bertz CT molecular complexity index is 285. The number of carbonyl (C=O) groups is 1. The Morgan fingerprint density at radius 2 is 2.47 bits per heavy atom. The van der Waals surface area contributed by atoms with Gasteiger partial charge in [0.25, 0.3) is 0 Å². The van der Waals surface area contributed by atoms with Gasteiger partial charge in [0.1, 0.15) is 5.76 Å². The van der Waals surface area contributed by atoms with E-state index >= 15 is 0 Å². The highest BCUT2D eigenvalue weighted by Gasteiger charge is 2.14. The minimum Gasteiger partial charge on any atom is -0.467 e. The number of hydrogen-bond donors (Lipinski definition) is 1. The number of amides is 1. The molecule has 0 unspecified atom stereocenters. The molecule has 0 fully saturated rings. The Kier molecular flexibility index (Phi) is 4.70. The molecule has 5 nitrogen and oxygen atoms in total. The molecule has 0 atom stereocenters. The third-order valence-electron chi connectivity index (χ3n) is 1.85. The molecule has 15 heavy (non-hydrogen) atoms. The summed E-state index contributed by atoms with van der Waals surface area (Å²) in [4.78, 5) is 13.0. The summed E-state index contributed by atoms with van der Waals surface area (Å²) in [6.07, 6.45) is 1.21. The number of nitrogens with zero attached hydrogens (tertiary/aromatic N) is 1. The van der Waals surface area contributed by atoms with Crippen molar-refractivity contribution in [3.63, 3.8) is 0 Å². The summed E-state index contributed by atoms with van der Waals surface area (Å²) in [7, 11) is 0. The zero-order valence-electron chi connectivity index (χ0n) is 8.81. The highest BCUT2D eigenvalue weighted by molar-refractivity contribution is 5.67. The van der Waals surface area contributed by atoms with E-state index in [1.54, 1.807) is 19.3 Å². The number of ether oxygens (including phenoxy) is 1. The first-order chi connectivity index (χ1) is 7.27. The lowest BCUT2D eigenvalue weighted by atomic mass is 10.4. The molecule has 0 radical (unpaired) electrons. The van der Waals surface area contributed by atoms with Gasteiger partial charge >= 0.3 is 6.09 Å². The topological polar surface area (TPSA) is 68.7 Å². The molecular weight excluding hydrogens is 196 g/mol. The molecule has 0 aliphatic rings. The van der Waals surface area contributed by atoms with Gasteiger partial charge in [-0.3, -0.25) is 4.90 Å². The lowest BCUT2D eigenvalue weighted by Gasteiger charge is -2.19. The van der Waals surface area contributed by atoms with E-state index in [9.17, 15) is 4.79 Å². The lowest BCUT2D eigenvalue weighted by molar-refractivity contribution is 0.103. The Balaban J connectivity index is 2.53. The molecule has 0 aliphatic carbocycles. The number of rotatable bonds is 5. The average Bonchev–Trinajstić information content (AvgIpc) is 2.70. The third kappa shape index (κ3) is 3.63. The average molecular weight is 212 g/mol. The van der Waals surface area contributed by atoms with Gasteiger partial charge in [-0.1, -0.05) is 0 Å². The van der Waals surface area contributed by atoms with Crippen LogP contribution in [0.25, 0.3) is 0 Å². The van der Waals surface area contributed by atoms with Crippen LogP contribution in [0.3, 0.4) is 0 Å². The van der Waals surface area contributed by atoms with Crippen molar-refractivity contribution in [2.45, 2.75) is 13.5 Å². The molecule has 1 rings (SSSR count). The SMILES string of the molecule is CCOC(=O)N(CCN)Cc1ccco1. The molecule has 1 amide bonds. The highest BCUT2D eigenvalue weighted by Crippen LogP contribution is 2.06. The minimum atomic E-state index is -0.362. The zero-order chi connectivity index (χ0) is 11.1. The molecule has 0 saturated heterocycles. The van der Waals surface area contributed by atoms with Crippen molar-refractivity contribution < 1.29 is 13.9 Å². The van der Waals surface area contributed by atoms with Crippen LogP contribution in [0.1, 0.15) is 12.7 Å². The van der Waals surface area contributed by atoms with E-state index in [0.717, 1.165) is 5.76 Å². The fourth-order valence-corrected chi connectivity index (χ4v) is 1.20. The maximum Gasteiger partial charge on any atom is 0.410 e. The molecule has 0 aromatic carbocycles. The van der Waals surface area contributed by atoms with Crippen molar-refractivity contribution in [1.29, 1.82) is 0 Å². The van der Waals surface area contributed by atoms with Crippen molar-refractivity contribution >= 4 is 6.09 Å². The molecule has 1 aromatic heterocycles. The van der Waals surface area contributed by atoms with E-state index in [0.29, 0.717) is 26.2 Å². The largest absolute Gasteiger partial charge is 0.467 e. The summed E-state index contributed by atoms with van der Waals surface area (Å²) in [6, 6.07) is 3.59. The van der Waals surface area contributed by atoms with Gasteiger partial charge in [-0.25, -0.2) is 4.79 Å². The normalized spacial score (nSPS) is 10.0. The van der Waals surface area contributed by atoms with Gasteiger partial charge in [0.2, 0.25) is 0 Å². The van der Waals surface area contributed by atoms with E-state index < -0.39 is 0 Å². The summed E-state index contributed by atoms with van der Waals surface area (Å²) >= 11 is 0. The second kappa shape index (κ2) is 6.08. The number of furan rings is 1. The van der Waals surface area contributed by atoms with Crippen LogP contribution in [-0.4, -0.2) is 30.7 Å². The number of hydrogen-bond acceptors (Lipinski definition) is 4. The van der Waals surface area contributed by atoms with Crippen LogP contribution in [-0.2, 0) is 11.3 Å². The molecule has 1 aromatic rings. The van der Waals surface area contributed by atoms with E-state index in [1.807, 2.05) is 6.07 Å². The summed E-state index contributed by atoms with van der Waals surface area (Å²) in [5, 5.41) is 0. The number of carbonyl (C=O) groups excluding carboxylic acids is 1. The molecule has 1 heterocycles. The van der Waals surface area contributed by atoms with Crippen molar-refractivity contribution in [2.75, 3.05) is 19.7 Å². The molecule has 0 saturated carbocycles. The predicted octanol–water partition coefficient (Wildman–Crippen LogP) is 1.20. The van der Waals surface area contributed by atoms with E-state index in [2.05, 4.69) is 0 Å². The van der Waals surface area contributed by atoms with Crippen LogP contribution in [0, 0.1) is 0 Å². The number of nitrogens with two attached hydrogens (primary N) is 1. The summed E-state index contributed by atoms with van der Waals surface area (Å²) < 4.78 is 10.0. The Morgan fingerprint density at radius 1 is 1.67 bits per heavy atom. The van der Waals surface area contributed by atoms with Gasteiger partial charge in [0, 0.05) is 13.1 Å². The smallest absolute Gasteiger partial charge is 0.410 e. The second-order valence-electron chi connectivity index (χ2n) is 2.99. The monoisotopic (exact) mass is 212 g/mol. The van der Waals surface area contributed by atoms with Gasteiger partial charge in [0.15, 0.2) is 0 Å². The van der Waals surface area contributed by atoms with Gasteiger partial charge in [-0.05, 0) is 19.1 Å². The molecule has 0 aliphatic heterocycles. The van der Waals surface area contributed by atoms with Crippen LogP contribution >= 0.6 is 0 Å². The van der Waals surface area contributed by atoms with E-state index in [1.165, 1.54) is 4.90 Å².